The van der Waals surface area contributed by atoms with Gasteiger partial charge in [-0.15, -0.1) is 5.10 Å². The van der Waals surface area contributed by atoms with E-state index in [0.29, 0.717) is 28.7 Å². The molecule has 0 saturated carbocycles. The Kier molecular flexibility index (Phi) is 5.80. The molecule has 28 heavy (non-hydrogen) atoms. The normalized spacial score (nSPS) is 18.6. The molecule has 0 fully saturated rings. The third kappa shape index (κ3) is 3.72. The molecule has 1 aliphatic heterocycles. The lowest BCUT2D eigenvalue weighted by Gasteiger charge is -2.32. The first kappa shape index (κ1) is 19.2. The molecule has 2 aliphatic rings. The minimum absolute atomic E-state index is 0.0666. The van der Waals surface area contributed by atoms with Crippen LogP contribution in [-0.4, -0.2) is 26.3 Å². The van der Waals surface area contributed by atoms with Crippen molar-refractivity contribution >= 4 is 23.5 Å². The third-order valence-corrected chi connectivity index (χ3v) is 6.20. The van der Waals surface area contributed by atoms with Crippen LogP contribution >= 0.6 is 11.8 Å². The van der Waals surface area contributed by atoms with Crippen LogP contribution in [0.5, 0.6) is 0 Å². The van der Waals surface area contributed by atoms with Gasteiger partial charge in [0.25, 0.3) is 0 Å². The molecular weight excluding hydrogens is 375 g/mol. The van der Waals surface area contributed by atoms with Crippen molar-refractivity contribution in [3.8, 4) is 0 Å². The zero-order chi connectivity index (χ0) is 19.5. The number of hydrogen-bond acceptors (Lipinski definition) is 5. The summed E-state index contributed by atoms with van der Waals surface area (Å²) in [5, 5.41) is 8.61. The van der Waals surface area contributed by atoms with Crippen LogP contribution in [0, 0.1) is 5.82 Å². The molecule has 2 aromatic rings. The lowest BCUT2D eigenvalue weighted by Crippen LogP contribution is -2.32. The summed E-state index contributed by atoms with van der Waals surface area (Å²) in [6.07, 6.45) is 6.86. The second-order valence-corrected chi connectivity index (χ2v) is 8.35. The second-order valence-electron chi connectivity index (χ2n) is 7.29. The molecule has 0 spiro atoms. The number of nitrogens with one attached hydrogen (secondary N) is 1. The van der Waals surface area contributed by atoms with Crippen LogP contribution in [0.15, 0.2) is 40.7 Å². The highest BCUT2D eigenvalue weighted by atomic mass is 32.2. The fourth-order valence-corrected chi connectivity index (χ4v) is 4.70. The summed E-state index contributed by atoms with van der Waals surface area (Å²) in [7, 11) is 0. The summed E-state index contributed by atoms with van der Waals surface area (Å²) in [5.41, 5.74) is 1.97. The Bertz CT molecular complexity index is 908. The van der Waals surface area contributed by atoms with E-state index in [4.69, 9.17) is 0 Å². The Morgan fingerprint density at radius 3 is 2.93 bits per heavy atom. The summed E-state index contributed by atoms with van der Waals surface area (Å²) >= 11 is 1.62. The monoisotopic (exact) mass is 400 g/mol. The van der Waals surface area contributed by atoms with Gasteiger partial charge in [0, 0.05) is 29.0 Å². The van der Waals surface area contributed by atoms with Gasteiger partial charge in [-0.05, 0) is 25.3 Å². The first-order chi connectivity index (χ1) is 13.7. The van der Waals surface area contributed by atoms with E-state index in [1.165, 1.54) is 25.3 Å². The van der Waals surface area contributed by atoms with Crippen molar-refractivity contribution in [1.82, 2.24) is 14.8 Å². The van der Waals surface area contributed by atoms with Gasteiger partial charge in [0.15, 0.2) is 5.78 Å². The van der Waals surface area contributed by atoms with Gasteiger partial charge >= 0.3 is 0 Å². The van der Waals surface area contributed by atoms with Crippen molar-refractivity contribution in [2.24, 2.45) is 0 Å². The number of halogens is 1. The van der Waals surface area contributed by atoms with Crippen molar-refractivity contribution in [3.63, 3.8) is 0 Å². The van der Waals surface area contributed by atoms with E-state index in [9.17, 15) is 9.18 Å². The fraction of sp³-hybridized carbons (Fsp3) is 0.476. The van der Waals surface area contributed by atoms with Crippen molar-refractivity contribution in [3.05, 3.63) is 46.9 Å². The molecule has 0 amide bonds. The number of Topliss-reactive ketones (excluding diaryl/α,β-unsaturated/α-hetero) is 1. The van der Waals surface area contributed by atoms with Crippen molar-refractivity contribution < 1.29 is 9.18 Å². The maximum atomic E-state index is 14.7. The average molecular weight is 401 g/mol. The molecular formula is C21H25FN4OS. The third-order valence-electron chi connectivity index (χ3n) is 5.28. The van der Waals surface area contributed by atoms with Crippen LogP contribution in [0.25, 0.3) is 0 Å². The lowest BCUT2D eigenvalue weighted by atomic mass is 9.85. The highest BCUT2D eigenvalue weighted by molar-refractivity contribution is 7.99. The topological polar surface area (TPSA) is 59.8 Å². The smallest absolute Gasteiger partial charge is 0.227 e. The van der Waals surface area contributed by atoms with E-state index >= 15 is 0 Å². The molecule has 1 N–H and O–H groups in total. The Morgan fingerprint density at radius 1 is 1.25 bits per heavy atom. The molecule has 1 atom stereocenters. The van der Waals surface area contributed by atoms with Gasteiger partial charge in [-0.3, -0.25) is 4.79 Å². The molecule has 1 aliphatic carbocycles. The van der Waals surface area contributed by atoms with E-state index in [-0.39, 0.29) is 11.6 Å². The number of anilines is 1. The molecule has 7 heteroatoms. The zero-order valence-electron chi connectivity index (χ0n) is 16.1. The number of benzene rings is 1. The number of nitrogens with zero attached hydrogens (tertiary/aromatic N) is 3. The van der Waals surface area contributed by atoms with Gasteiger partial charge in [0.05, 0.1) is 0 Å². The Labute approximate surface area is 168 Å². The van der Waals surface area contributed by atoms with Crippen molar-refractivity contribution in [1.29, 1.82) is 0 Å². The lowest BCUT2D eigenvalue weighted by molar-refractivity contribution is -0.116. The van der Waals surface area contributed by atoms with E-state index in [1.807, 2.05) is 0 Å². The summed E-state index contributed by atoms with van der Waals surface area (Å²) < 4.78 is 16.4. The van der Waals surface area contributed by atoms with Crippen LogP contribution in [0.1, 0.15) is 63.5 Å². The maximum Gasteiger partial charge on any atom is 0.227 e. The quantitative estimate of drug-likeness (QED) is 0.517. The molecule has 148 valence electrons. The number of fused-ring (bicyclic) bond motifs is 1. The number of carbonyl (C=O) groups excluding carboxylic acids is 1. The standard InChI is InChI=1S/C21H25FN4OS/c1-2-3-4-7-13-28-21-24-20-23-16-11-8-12-17(27)18(16)19(26(20)25-21)14-9-5-6-10-15(14)22/h5-6,9-10,19H,2-4,7-8,11-13H2,1H3,(H,23,24,25). The van der Waals surface area contributed by atoms with E-state index in [1.54, 1.807) is 34.6 Å². The predicted octanol–water partition coefficient (Wildman–Crippen LogP) is 5.11. The molecule has 2 heterocycles. The first-order valence-corrected chi connectivity index (χ1v) is 11.0. The summed E-state index contributed by atoms with van der Waals surface area (Å²) in [6.45, 7) is 2.20. The SMILES string of the molecule is CCCCCCSc1nc2n(n1)C(c1ccccc1F)C1=C(CCCC1=O)N2. The van der Waals surface area contributed by atoms with Gasteiger partial charge < -0.3 is 5.32 Å². The molecule has 5 nitrogen and oxygen atoms in total. The number of aromatic nitrogens is 3. The molecule has 4 rings (SSSR count). The summed E-state index contributed by atoms with van der Waals surface area (Å²) in [6, 6.07) is 6.08. The number of ketones is 1. The van der Waals surface area contributed by atoms with E-state index < -0.39 is 6.04 Å². The Balaban J connectivity index is 1.66. The largest absolute Gasteiger partial charge is 0.328 e. The van der Waals surface area contributed by atoms with Gasteiger partial charge in [0.1, 0.15) is 11.9 Å². The van der Waals surface area contributed by atoms with Crippen LogP contribution in [0.2, 0.25) is 0 Å². The van der Waals surface area contributed by atoms with Gasteiger partial charge in [0.2, 0.25) is 11.1 Å². The number of unbranched alkanes of at least 4 members (excludes halogenated alkanes) is 3. The van der Waals surface area contributed by atoms with Crippen LogP contribution < -0.4 is 5.32 Å². The van der Waals surface area contributed by atoms with Crippen LogP contribution in [-0.2, 0) is 4.79 Å². The highest BCUT2D eigenvalue weighted by Gasteiger charge is 2.37. The number of allylic oxidation sites excluding steroid dienone is 2. The zero-order valence-corrected chi connectivity index (χ0v) is 16.9. The number of rotatable bonds is 7. The summed E-state index contributed by atoms with van der Waals surface area (Å²) in [5.74, 6) is 1.30. The second kappa shape index (κ2) is 8.47. The number of hydrogen-bond donors (Lipinski definition) is 1. The minimum atomic E-state index is -0.554. The summed E-state index contributed by atoms with van der Waals surface area (Å²) in [4.78, 5) is 17.4. The first-order valence-electron chi connectivity index (χ1n) is 10.1. The molecule has 1 aromatic heterocycles. The predicted molar refractivity (Wildman–Crippen MR) is 109 cm³/mol. The van der Waals surface area contributed by atoms with Crippen molar-refractivity contribution in [2.75, 3.05) is 11.1 Å². The number of thioether (sulfide) groups is 1. The van der Waals surface area contributed by atoms with E-state index in [0.717, 1.165) is 30.7 Å². The van der Waals surface area contributed by atoms with Gasteiger partial charge in [-0.2, -0.15) is 4.98 Å². The molecule has 0 bridgehead atoms. The average Bonchev–Trinajstić information content (AvgIpc) is 3.09. The molecule has 1 unspecified atom stereocenters. The van der Waals surface area contributed by atoms with Crippen molar-refractivity contribution in [2.45, 2.75) is 63.1 Å². The highest BCUT2D eigenvalue weighted by Crippen LogP contribution is 2.41. The van der Waals surface area contributed by atoms with Gasteiger partial charge in [-0.1, -0.05) is 56.1 Å². The minimum Gasteiger partial charge on any atom is -0.328 e. The molecule has 0 saturated heterocycles. The Morgan fingerprint density at radius 2 is 2.11 bits per heavy atom. The molecule has 0 radical (unpaired) electrons. The molecule has 1 aromatic carbocycles. The Hall–Kier alpha value is -2.15. The van der Waals surface area contributed by atoms with E-state index in [2.05, 4.69) is 22.3 Å². The fourth-order valence-electron chi connectivity index (χ4n) is 3.87. The number of carbonyl (C=O) groups is 1. The van der Waals surface area contributed by atoms with Crippen LogP contribution in [0.3, 0.4) is 0 Å². The van der Waals surface area contributed by atoms with Gasteiger partial charge in [-0.25, -0.2) is 9.07 Å². The maximum absolute atomic E-state index is 14.7. The van der Waals surface area contributed by atoms with Crippen LogP contribution in [0.4, 0.5) is 10.3 Å².